The van der Waals surface area contributed by atoms with Crippen LogP contribution < -0.4 is 10.6 Å². The molecule has 0 heterocycles. The van der Waals surface area contributed by atoms with Gasteiger partial charge in [-0.3, -0.25) is 4.79 Å². The van der Waals surface area contributed by atoms with Crippen molar-refractivity contribution in [3.05, 3.63) is 30.3 Å². The molecule has 0 radical (unpaired) electrons. The van der Waals surface area contributed by atoms with Crippen LogP contribution in [-0.2, 0) is 4.79 Å². The maximum absolute atomic E-state index is 12.8. The second kappa shape index (κ2) is 4.97. The van der Waals surface area contributed by atoms with Gasteiger partial charge in [-0.05, 0) is 50.2 Å². The lowest BCUT2D eigenvalue weighted by molar-refractivity contribution is -0.124. The molecule has 2 aliphatic rings. The lowest BCUT2D eigenvalue weighted by atomic mass is 9.84. The Bertz CT molecular complexity index is 457. The minimum Gasteiger partial charge on any atom is -0.327 e. The summed E-state index contributed by atoms with van der Waals surface area (Å²) in [6.07, 6.45) is 3.55. The maximum atomic E-state index is 12.8. The Morgan fingerprint density at radius 2 is 1.95 bits per heavy atom. The molecule has 2 fully saturated rings. The van der Waals surface area contributed by atoms with E-state index in [0.717, 1.165) is 12.1 Å². The van der Waals surface area contributed by atoms with E-state index < -0.39 is 0 Å². The fourth-order valence-corrected chi connectivity index (χ4v) is 3.96. The minimum absolute atomic E-state index is 0.0407. The van der Waals surface area contributed by atoms with Crippen LogP contribution in [0.1, 0.15) is 26.2 Å². The quantitative estimate of drug-likeness (QED) is 0.905. The first kappa shape index (κ1) is 12.7. The van der Waals surface area contributed by atoms with Gasteiger partial charge in [-0.2, -0.15) is 0 Å². The number of nitrogens with zero attached hydrogens (tertiary/aromatic N) is 1. The number of carbonyl (C=O) groups excluding carboxylic acids is 1. The summed E-state index contributed by atoms with van der Waals surface area (Å²) in [6, 6.07) is 10.0. The Kier molecular flexibility index (Phi) is 3.31. The third-order valence-electron chi connectivity index (χ3n) is 4.92. The van der Waals surface area contributed by atoms with Crippen molar-refractivity contribution in [2.45, 2.75) is 32.2 Å². The van der Waals surface area contributed by atoms with Gasteiger partial charge in [0.25, 0.3) is 0 Å². The Morgan fingerprint density at radius 3 is 2.53 bits per heavy atom. The van der Waals surface area contributed by atoms with E-state index in [0.29, 0.717) is 18.4 Å². The number of fused-ring (bicyclic) bond motifs is 2. The van der Waals surface area contributed by atoms with Gasteiger partial charge in [0.15, 0.2) is 0 Å². The van der Waals surface area contributed by atoms with Crippen LogP contribution in [-0.4, -0.2) is 18.5 Å². The first-order valence-electron chi connectivity index (χ1n) is 7.34. The lowest BCUT2D eigenvalue weighted by Crippen LogP contribution is -2.47. The van der Waals surface area contributed by atoms with E-state index in [-0.39, 0.29) is 17.9 Å². The van der Waals surface area contributed by atoms with Gasteiger partial charge in [0.1, 0.15) is 0 Å². The molecule has 19 heavy (non-hydrogen) atoms. The van der Waals surface area contributed by atoms with Crippen molar-refractivity contribution in [1.29, 1.82) is 0 Å². The van der Waals surface area contributed by atoms with Crippen LogP contribution in [0.25, 0.3) is 0 Å². The van der Waals surface area contributed by atoms with Crippen molar-refractivity contribution >= 4 is 11.6 Å². The fourth-order valence-electron chi connectivity index (χ4n) is 3.96. The highest BCUT2D eigenvalue weighted by Gasteiger charge is 2.50. The van der Waals surface area contributed by atoms with Crippen LogP contribution in [0.5, 0.6) is 0 Å². The van der Waals surface area contributed by atoms with Gasteiger partial charge < -0.3 is 10.6 Å². The molecule has 2 aliphatic carbocycles. The van der Waals surface area contributed by atoms with Crippen LogP contribution in [0.2, 0.25) is 0 Å². The van der Waals surface area contributed by atoms with Gasteiger partial charge in [-0.1, -0.05) is 18.2 Å². The Balaban J connectivity index is 1.83. The Morgan fingerprint density at radius 1 is 1.26 bits per heavy atom. The first-order chi connectivity index (χ1) is 9.22. The molecule has 0 spiro atoms. The summed E-state index contributed by atoms with van der Waals surface area (Å²) in [4.78, 5) is 14.7. The molecule has 3 rings (SSSR count). The summed E-state index contributed by atoms with van der Waals surface area (Å²) < 4.78 is 0. The number of amides is 1. The molecule has 102 valence electrons. The average molecular weight is 258 g/mol. The van der Waals surface area contributed by atoms with Gasteiger partial charge >= 0.3 is 0 Å². The molecule has 1 aromatic rings. The SMILES string of the molecule is CCN(C(=O)C1C2CCC(C2)C1N)c1ccccc1. The molecule has 1 aromatic carbocycles. The van der Waals surface area contributed by atoms with E-state index in [1.807, 2.05) is 42.2 Å². The maximum Gasteiger partial charge on any atom is 0.231 e. The molecule has 3 heteroatoms. The number of nitrogens with two attached hydrogens (primary N) is 1. The zero-order valence-electron chi connectivity index (χ0n) is 11.5. The molecule has 0 aromatic heterocycles. The topological polar surface area (TPSA) is 46.3 Å². The molecule has 0 aliphatic heterocycles. The monoisotopic (exact) mass is 258 g/mol. The summed E-state index contributed by atoms with van der Waals surface area (Å²) in [5.41, 5.74) is 7.28. The average Bonchev–Trinajstić information content (AvgIpc) is 3.01. The third kappa shape index (κ3) is 2.06. The van der Waals surface area contributed by atoms with Crippen LogP contribution in [0, 0.1) is 17.8 Å². The van der Waals surface area contributed by atoms with E-state index in [1.165, 1.54) is 12.8 Å². The van der Waals surface area contributed by atoms with Crippen molar-refractivity contribution in [3.63, 3.8) is 0 Å². The Labute approximate surface area is 114 Å². The number of anilines is 1. The molecule has 0 saturated heterocycles. The smallest absolute Gasteiger partial charge is 0.231 e. The van der Waals surface area contributed by atoms with Gasteiger partial charge in [0, 0.05) is 18.3 Å². The van der Waals surface area contributed by atoms with Crippen molar-refractivity contribution in [1.82, 2.24) is 0 Å². The fraction of sp³-hybridized carbons (Fsp3) is 0.562. The van der Waals surface area contributed by atoms with Crippen molar-refractivity contribution in [3.8, 4) is 0 Å². The number of rotatable bonds is 3. The highest BCUT2D eigenvalue weighted by atomic mass is 16.2. The van der Waals surface area contributed by atoms with Gasteiger partial charge in [0.05, 0.1) is 5.92 Å². The zero-order valence-corrected chi connectivity index (χ0v) is 11.5. The molecule has 2 N–H and O–H groups in total. The number of carbonyl (C=O) groups is 1. The number of para-hydroxylation sites is 1. The second-order valence-electron chi connectivity index (χ2n) is 5.85. The minimum atomic E-state index is 0.0407. The predicted molar refractivity (Wildman–Crippen MR) is 76.8 cm³/mol. The molecule has 4 atom stereocenters. The highest BCUT2D eigenvalue weighted by Crippen LogP contribution is 2.48. The van der Waals surface area contributed by atoms with Crippen LogP contribution in [0.3, 0.4) is 0 Å². The van der Waals surface area contributed by atoms with Crippen molar-refractivity contribution in [2.24, 2.45) is 23.5 Å². The molecule has 4 unspecified atom stereocenters. The summed E-state index contributed by atoms with van der Waals surface area (Å²) in [5.74, 6) is 1.37. The van der Waals surface area contributed by atoms with E-state index in [9.17, 15) is 4.79 Å². The molecular formula is C16H22N2O. The van der Waals surface area contributed by atoms with E-state index in [2.05, 4.69) is 0 Å². The first-order valence-corrected chi connectivity index (χ1v) is 7.34. The summed E-state index contributed by atoms with van der Waals surface area (Å²) in [5, 5.41) is 0. The summed E-state index contributed by atoms with van der Waals surface area (Å²) in [7, 11) is 0. The normalized spacial score (nSPS) is 32.5. The van der Waals surface area contributed by atoms with Crippen LogP contribution in [0.4, 0.5) is 5.69 Å². The molecule has 1 amide bonds. The largest absolute Gasteiger partial charge is 0.327 e. The molecule has 3 nitrogen and oxygen atoms in total. The van der Waals surface area contributed by atoms with Crippen molar-refractivity contribution in [2.75, 3.05) is 11.4 Å². The number of hydrogen-bond donors (Lipinski definition) is 1. The van der Waals surface area contributed by atoms with E-state index in [1.54, 1.807) is 0 Å². The second-order valence-corrected chi connectivity index (χ2v) is 5.85. The highest BCUT2D eigenvalue weighted by molar-refractivity contribution is 5.96. The molecule has 2 saturated carbocycles. The summed E-state index contributed by atoms with van der Waals surface area (Å²) in [6.45, 7) is 2.74. The Hall–Kier alpha value is -1.35. The third-order valence-corrected chi connectivity index (χ3v) is 4.92. The number of hydrogen-bond acceptors (Lipinski definition) is 2. The standard InChI is InChI=1S/C16H22N2O/c1-2-18(13-6-4-3-5-7-13)16(19)14-11-8-9-12(10-11)15(14)17/h3-7,11-12,14-15H,2,8-10,17H2,1H3. The predicted octanol–water partition coefficient (Wildman–Crippen LogP) is 2.41. The molecular weight excluding hydrogens is 236 g/mol. The van der Waals surface area contributed by atoms with E-state index >= 15 is 0 Å². The van der Waals surface area contributed by atoms with Crippen LogP contribution in [0.15, 0.2) is 30.3 Å². The van der Waals surface area contributed by atoms with Gasteiger partial charge in [-0.25, -0.2) is 0 Å². The van der Waals surface area contributed by atoms with Gasteiger partial charge in [0.2, 0.25) is 5.91 Å². The number of benzene rings is 1. The lowest BCUT2D eigenvalue weighted by Gasteiger charge is -2.32. The zero-order chi connectivity index (χ0) is 13.4. The van der Waals surface area contributed by atoms with Crippen LogP contribution >= 0.6 is 0 Å². The van der Waals surface area contributed by atoms with Gasteiger partial charge in [-0.15, -0.1) is 0 Å². The summed E-state index contributed by atoms with van der Waals surface area (Å²) >= 11 is 0. The van der Waals surface area contributed by atoms with Crippen molar-refractivity contribution < 1.29 is 4.79 Å². The van der Waals surface area contributed by atoms with E-state index in [4.69, 9.17) is 5.73 Å². The molecule has 2 bridgehead atoms.